The van der Waals surface area contributed by atoms with Gasteiger partial charge in [0.05, 0.1) is 5.56 Å². The summed E-state index contributed by atoms with van der Waals surface area (Å²) in [5.41, 5.74) is 4.05. The van der Waals surface area contributed by atoms with Crippen molar-refractivity contribution in [1.82, 2.24) is 9.88 Å². The molecule has 0 saturated heterocycles. The van der Waals surface area contributed by atoms with E-state index in [0.717, 1.165) is 22.2 Å². The number of hydrogen-bond donors (Lipinski definition) is 1. The van der Waals surface area contributed by atoms with Gasteiger partial charge in [0.1, 0.15) is 0 Å². The summed E-state index contributed by atoms with van der Waals surface area (Å²) in [6.07, 6.45) is 0. The van der Waals surface area contributed by atoms with Crippen molar-refractivity contribution in [3.05, 3.63) is 35.0 Å². The third-order valence-electron chi connectivity index (χ3n) is 3.10. The fourth-order valence-electron chi connectivity index (χ4n) is 2.10. The third-order valence-corrected chi connectivity index (χ3v) is 3.10. The molecule has 0 unspecified atom stereocenters. The number of aryl methyl sites for hydroxylation is 2. The number of hydrogen-bond acceptors (Lipinski definition) is 1. The zero-order chi connectivity index (χ0) is 11.9. The zero-order valence-corrected chi connectivity index (χ0v) is 10.1. The van der Waals surface area contributed by atoms with Crippen molar-refractivity contribution < 1.29 is 4.79 Å². The Balaban J connectivity index is 2.85. The van der Waals surface area contributed by atoms with Crippen LogP contribution in [0.25, 0.3) is 10.9 Å². The molecule has 0 aliphatic rings. The highest BCUT2D eigenvalue weighted by Gasteiger charge is 2.17. The molecule has 84 valence electrons. The van der Waals surface area contributed by atoms with Gasteiger partial charge in [0.25, 0.3) is 5.91 Å². The van der Waals surface area contributed by atoms with Crippen molar-refractivity contribution in [2.24, 2.45) is 7.05 Å². The number of amides is 1. The van der Waals surface area contributed by atoms with E-state index in [0.29, 0.717) is 0 Å². The van der Waals surface area contributed by atoms with Crippen LogP contribution in [0, 0.1) is 13.8 Å². The van der Waals surface area contributed by atoms with Crippen molar-refractivity contribution in [3.63, 3.8) is 0 Å². The molecule has 1 heterocycles. The van der Waals surface area contributed by atoms with Crippen LogP contribution in [-0.2, 0) is 7.05 Å². The molecule has 2 aromatic rings. The van der Waals surface area contributed by atoms with Crippen LogP contribution in [0.15, 0.2) is 18.2 Å². The smallest absolute Gasteiger partial charge is 0.253 e. The van der Waals surface area contributed by atoms with Gasteiger partial charge in [-0.15, -0.1) is 0 Å². The normalized spacial score (nSPS) is 10.8. The second kappa shape index (κ2) is 3.67. The van der Waals surface area contributed by atoms with Gasteiger partial charge >= 0.3 is 0 Å². The summed E-state index contributed by atoms with van der Waals surface area (Å²) < 4.78 is 2.05. The summed E-state index contributed by atoms with van der Waals surface area (Å²) >= 11 is 0. The molecule has 16 heavy (non-hydrogen) atoms. The maximum Gasteiger partial charge on any atom is 0.253 e. The number of nitrogens with one attached hydrogen (secondary N) is 1. The van der Waals surface area contributed by atoms with Gasteiger partial charge in [0.15, 0.2) is 0 Å². The van der Waals surface area contributed by atoms with Crippen molar-refractivity contribution in [1.29, 1.82) is 0 Å². The fraction of sp³-hybridized carbons (Fsp3) is 0.308. The first kappa shape index (κ1) is 10.7. The third kappa shape index (κ3) is 1.40. The number of benzene rings is 1. The molecular formula is C13H16N2O. The summed E-state index contributed by atoms with van der Waals surface area (Å²) in [6, 6.07) is 6.19. The van der Waals surface area contributed by atoms with Gasteiger partial charge in [0.2, 0.25) is 0 Å². The first-order chi connectivity index (χ1) is 7.56. The highest BCUT2D eigenvalue weighted by atomic mass is 16.1. The van der Waals surface area contributed by atoms with Crippen LogP contribution in [0.2, 0.25) is 0 Å². The standard InChI is InChI=1S/C13H16N2O/c1-8-5-6-11-10(7-8)12(13(16)14-3)9(2)15(11)4/h5-7H,1-4H3,(H,14,16). The largest absolute Gasteiger partial charge is 0.355 e. The number of aromatic nitrogens is 1. The van der Waals surface area contributed by atoms with Crippen LogP contribution < -0.4 is 5.32 Å². The SMILES string of the molecule is CNC(=O)c1c(C)n(C)c2ccc(C)cc12. The molecule has 0 spiro atoms. The summed E-state index contributed by atoms with van der Waals surface area (Å²) in [4.78, 5) is 11.8. The first-order valence-corrected chi connectivity index (χ1v) is 5.34. The number of carbonyl (C=O) groups is 1. The van der Waals surface area contributed by atoms with Crippen LogP contribution in [0.5, 0.6) is 0 Å². The first-order valence-electron chi connectivity index (χ1n) is 5.34. The Morgan fingerprint density at radius 2 is 2.00 bits per heavy atom. The lowest BCUT2D eigenvalue weighted by Gasteiger charge is -2.00. The molecule has 3 nitrogen and oxygen atoms in total. The lowest BCUT2D eigenvalue weighted by atomic mass is 10.1. The minimum atomic E-state index is -0.0197. The van der Waals surface area contributed by atoms with Crippen molar-refractivity contribution in [2.75, 3.05) is 7.05 Å². The lowest BCUT2D eigenvalue weighted by molar-refractivity contribution is 0.0964. The predicted molar refractivity (Wildman–Crippen MR) is 65.8 cm³/mol. The highest BCUT2D eigenvalue weighted by molar-refractivity contribution is 6.08. The quantitative estimate of drug-likeness (QED) is 0.778. The lowest BCUT2D eigenvalue weighted by Crippen LogP contribution is -2.18. The predicted octanol–water partition coefficient (Wildman–Crippen LogP) is 2.15. The number of rotatable bonds is 1. The van der Waals surface area contributed by atoms with E-state index in [1.807, 2.05) is 20.9 Å². The molecule has 3 heteroatoms. The summed E-state index contributed by atoms with van der Waals surface area (Å²) in [6.45, 7) is 4.01. The minimum absolute atomic E-state index is 0.0197. The Kier molecular flexibility index (Phi) is 2.46. The molecule has 1 amide bonds. The van der Waals surface area contributed by atoms with Gasteiger partial charge in [-0.25, -0.2) is 0 Å². The Hall–Kier alpha value is -1.77. The number of fused-ring (bicyclic) bond motifs is 1. The van der Waals surface area contributed by atoms with E-state index in [9.17, 15) is 4.79 Å². The van der Waals surface area contributed by atoms with Crippen molar-refractivity contribution in [2.45, 2.75) is 13.8 Å². The molecule has 1 N–H and O–H groups in total. The van der Waals surface area contributed by atoms with Crippen molar-refractivity contribution >= 4 is 16.8 Å². The van der Waals surface area contributed by atoms with E-state index in [1.54, 1.807) is 7.05 Å². The molecular weight excluding hydrogens is 200 g/mol. The van der Waals surface area contributed by atoms with E-state index in [1.165, 1.54) is 5.56 Å². The molecule has 0 atom stereocenters. The maximum atomic E-state index is 11.8. The Morgan fingerprint density at radius 3 is 2.62 bits per heavy atom. The minimum Gasteiger partial charge on any atom is -0.355 e. The van der Waals surface area contributed by atoms with E-state index in [4.69, 9.17) is 0 Å². The monoisotopic (exact) mass is 216 g/mol. The molecule has 0 radical (unpaired) electrons. The van der Waals surface area contributed by atoms with Crippen LogP contribution in [0.3, 0.4) is 0 Å². The van der Waals surface area contributed by atoms with Gasteiger partial charge < -0.3 is 9.88 Å². The molecule has 2 rings (SSSR count). The average molecular weight is 216 g/mol. The second-order valence-corrected chi connectivity index (χ2v) is 4.12. The molecule has 0 saturated carbocycles. The van der Waals surface area contributed by atoms with Crippen LogP contribution in [0.4, 0.5) is 0 Å². The highest BCUT2D eigenvalue weighted by Crippen LogP contribution is 2.25. The van der Waals surface area contributed by atoms with Crippen LogP contribution in [-0.4, -0.2) is 17.5 Å². The van der Waals surface area contributed by atoms with E-state index in [2.05, 4.69) is 28.1 Å². The molecule has 1 aromatic carbocycles. The molecule has 0 bridgehead atoms. The van der Waals surface area contributed by atoms with Gasteiger partial charge in [-0.05, 0) is 26.0 Å². The van der Waals surface area contributed by atoms with E-state index >= 15 is 0 Å². The Labute approximate surface area is 95.1 Å². The molecule has 0 aliphatic heterocycles. The molecule has 0 aliphatic carbocycles. The van der Waals surface area contributed by atoms with Gasteiger partial charge in [-0.2, -0.15) is 0 Å². The average Bonchev–Trinajstić information content (AvgIpc) is 2.51. The number of nitrogens with zero attached hydrogens (tertiary/aromatic N) is 1. The molecule has 0 fully saturated rings. The van der Waals surface area contributed by atoms with Gasteiger partial charge in [0, 0.05) is 30.7 Å². The van der Waals surface area contributed by atoms with Crippen molar-refractivity contribution in [3.8, 4) is 0 Å². The summed E-state index contributed by atoms with van der Waals surface area (Å²) in [7, 11) is 3.65. The van der Waals surface area contributed by atoms with E-state index < -0.39 is 0 Å². The summed E-state index contributed by atoms with van der Waals surface area (Å²) in [5.74, 6) is -0.0197. The second-order valence-electron chi connectivity index (χ2n) is 4.12. The topological polar surface area (TPSA) is 34.0 Å². The van der Waals surface area contributed by atoms with Crippen LogP contribution >= 0.6 is 0 Å². The zero-order valence-electron chi connectivity index (χ0n) is 10.1. The maximum absolute atomic E-state index is 11.8. The molecule has 1 aromatic heterocycles. The van der Waals surface area contributed by atoms with E-state index in [-0.39, 0.29) is 5.91 Å². The van der Waals surface area contributed by atoms with Gasteiger partial charge in [-0.3, -0.25) is 4.79 Å². The number of carbonyl (C=O) groups excluding carboxylic acids is 1. The van der Waals surface area contributed by atoms with Gasteiger partial charge in [-0.1, -0.05) is 11.6 Å². The summed E-state index contributed by atoms with van der Waals surface area (Å²) in [5, 5.41) is 3.72. The Bertz CT molecular complexity index is 567. The Morgan fingerprint density at radius 1 is 1.31 bits per heavy atom. The van der Waals surface area contributed by atoms with Crippen LogP contribution in [0.1, 0.15) is 21.6 Å². The fourth-order valence-corrected chi connectivity index (χ4v) is 2.10.